The zero-order chi connectivity index (χ0) is 16.7. The van der Waals surface area contributed by atoms with Crippen LogP contribution in [0.2, 0.25) is 0 Å². The number of esters is 1. The minimum absolute atomic E-state index is 0.252. The Bertz CT molecular complexity index is 667. The van der Waals surface area contributed by atoms with Crippen LogP contribution in [0.15, 0.2) is 54.6 Å². The van der Waals surface area contributed by atoms with Crippen LogP contribution in [0.25, 0.3) is 0 Å². The van der Waals surface area contributed by atoms with Crippen molar-refractivity contribution in [2.75, 3.05) is 11.9 Å². The number of anilines is 1. The van der Waals surface area contributed by atoms with E-state index >= 15 is 0 Å². The van der Waals surface area contributed by atoms with Gasteiger partial charge < -0.3 is 10.1 Å². The van der Waals surface area contributed by atoms with Crippen molar-refractivity contribution in [2.45, 2.75) is 20.3 Å². The largest absolute Gasteiger partial charge is 0.465 e. The molecule has 1 N–H and O–H groups in total. The molecule has 4 heteroatoms. The second-order valence-electron chi connectivity index (χ2n) is 5.35. The minimum Gasteiger partial charge on any atom is -0.465 e. The highest BCUT2D eigenvalue weighted by molar-refractivity contribution is 6.05. The van der Waals surface area contributed by atoms with Crippen molar-refractivity contribution >= 4 is 17.6 Å². The summed E-state index contributed by atoms with van der Waals surface area (Å²) in [5.41, 5.74) is 2.64. The van der Waals surface area contributed by atoms with Gasteiger partial charge in [-0.3, -0.25) is 9.59 Å². The smallest absolute Gasteiger partial charge is 0.318 e. The van der Waals surface area contributed by atoms with Crippen molar-refractivity contribution in [1.29, 1.82) is 0 Å². The number of hydrogen-bond donors (Lipinski definition) is 1. The zero-order valence-electron chi connectivity index (χ0n) is 13.4. The third-order valence-electron chi connectivity index (χ3n) is 3.46. The van der Waals surface area contributed by atoms with Crippen molar-refractivity contribution in [3.63, 3.8) is 0 Å². The molecule has 0 spiro atoms. The molecule has 1 atom stereocenters. The van der Waals surface area contributed by atoms with E-state index in [4.69, 9.17) is 4.74 Å². The molecule has 0 heterocycles. The van der Waals surface area contributed by atoms with Crippen LogP contribution in [0.1, 0.15) is 18.1 Å². The van der Waals surface area contributed by atoms with E-state index < -0.39 is 11.9 Å². The Hall–Kier alpha value is -2.62. The van der Waals surface area contributed by atoms with Crippen LogP contribution in [-0.2, 0) is 20.7 Å². The third kappa shape index (κ3) is 4.95. The van der Waals surface area contributed by atoms with Crippen LogP contribution in [0.3, 0.4) is 0 Å². The molecule has 0 unspecified atom stereocenters. The van der Waals surface area contributed by atoms with Gasteiger partial charge in [0, 0.05) is 5.69 Å². The molecule has 0 fully saturated rings. The number of benzene rings is 2. The van der Waals surface area contributed by atoms with E-state index in [0.717, 1.165) is 11.1 Å². The Kier molecular flexibility index (Phi) is 5.92. The third-order valence-corrected chi connectivity index (χ3v) is 3.46. The fourth-order valence-corrected chi connectivity index (χ4v) is 2.33. The monoisotopic (exact) mass is 311 g/mol. The van der Waals surface area contributed by atoms with E-state index in [1.807, 2.05) is 55.5 Å². The first-order chi connectivity index (χ1) is 11.1. The molecule has 120 valence electrons. The van der Waals surface area contributed by atoms with Gasteiger partial charge in [0.15, 0.2) is 0 Å². The highest BCUT2D eigenvalue weighted by atomic mass is 16.5. The number of hydrogen-bond acceptors (Lipinski definition) is 3. The summed E-state index contributed by atoms with van der Waals surface area (Å²) in [5.74, 6) is -1.71. The summed E-state index contributed by atoms with van der Waals surface area (Å²) in [4.78, 5) is 24.7. The highest BCUT2D eigenvalue weighted by Crippen LogP contribution is 2.15. The SMILES string of the molecule is CCOC(=O)[C@@H](Cc1ccccc1)C(=O)Nc1cccc(C)c1. The molecule has 0 saturated carbocycles. The maximum Gasteiger partial charge on any atom is 0.318 e. The number of carbonyl (C=O) groups excluding carboxylic acids is 2. The molecule has 0 aliphatic rings. The average Bonchev–Trinajstić information content (AvgIpc) is 2.53. The number of amides is 1. The van der Waals surface area contributed by atoms with E-state index in [-0.39, 0.29) is 12.5 Å². The summed E-state index contributed by atoms with van der Waals surface area (Å²) in [5, 5.41) is 2.80. The number of ether oxygens (including phenoxy) is 1. The average molecular weight is 311 g/mol. The fraction of sp³-hybridized carbons (Fsp3) is 0.263. The normalized spacial score (nSPS) is 11.6. The lowest BCUT2D eigenvalue weighted by atomic mass is 9.98. The Morgan fingerprint density at radius 1 is 1.09 bits per heavy atom. The van der Waals surface area contributed by atoms with Crippen molar-refractivity contribution in [3.8, 4) is 0 Å². The maximum atomic E-state index is 12.5. The van der Waals surface area contributed by atoms with E-state index in [0.29, 0.717) is 12.1 Å². The van der Waals surface area contributed by atoms with E-state index in [1.165, 1.54) is 0 Å². The number of nitrogens with one attached hydrogen (secondary N) is 1. The molecule has 4 nitrogen and oxygen atoms in total. The second kappa shape index (κ2) is 8.13. The molecular formula is C19H21NO3. The molecule has 0 saturated heterocycles. The standard InChI is InChI=1S/C19H21NO3/c1-3-23-19(22)17(13-15-9-5-4-6-10-15)18(21)20-16-11-7-8-14(2)12-16/h4-12,17H,3,13H2,1-2H3,(H,20,21)/t17-/m0/s1. The Labute approximate surface area is 136 Å². The predicted octanol–water partition coefficient (Wildman–Crippen LogP) is 3.36. The van der Waals surface area contributed by atoms with Crippen LogP contribution in [-0.4, -0.2) is 18.5 Å². The lowest BCUT2D eigenvalue weighted by Gasteiger charge is -2.16. The summed E-state index contributed by atoms with van der Waals surface area (Å²) in [7, 11) is 0. The van der Waals surface area contributed by atoms with E-state index in [1.54, 1.807) is 13.0 Å². The topological polar surface area (TPSA) is 55.4 Å². The van der Waals surface area contributed by atoms with Crippen molar-refractivity contribution in [1.82, 2.24) is 0 Å². The van der Waals surface area contributed by atoms with Crippen LogP contribution < -0.4 is 5.32 Å². The molecule has 2 rings (SSSR count). The van der Waals surface area contributed by atoms with Gasteiger partial charge in [0.05, 0.1) is 6.61 Å². The molecule has 2 aromatic carbocycles. The molecular weight excluding hydrogens is 290 g/mol. The molecule has 0 bridgehead atoms. The molecule has 0 aliphatic heterocycles. The first-order valence-electron chi connectivity index (χ1n) is 7.68. The van der Waals surface area contributed by atoms with Gasteiger partial charge in [-0.1, -0.05) is 42.5 Å². The zero-order valence-corrected chi connectivity index (χ0v) is 13.4. The summed E-state index contributed by atoms with van der Waals surface area (Å²) >= 11 is 0. The van der Waals surface area contributed by atoms with Gasteiger partial charge in [-0.2, -0.15) is 0 Å². The van der Waals surface area contributed by atoms with Crippen LogP contribution in [0.4, 0.5) is 5.69 Å². The van der Waals surface area contributed by atoms with Crippen molar-refractivity contribution in [2.24, 2.45) is 5.92 Å². The predicted molar refractivity (Wildman–Crippen MR) is 90.1 cm³/mol. The summed E-state index contributed by atoms with van der Waals surface area (Å²) in [6.45, 7) is 3.93. The number of rotatable bonds is 6. The molecule has 0 radical (unpaired) electrons. The highest BCUT2D eigenvalue weighted by Gasteiger charge is 2.28. The fourth-order valence-electron chi connectivity index (χ4n) is 2.33. The lowest BCUT2D eigenvalue weighted by Crippen LogP contribution is -2.33. The lowest BCUT2D eigenvalue weighted by molar-refractivity contribution is -0.150. The van der Waals surface area contributed by atoms with Crippen LogP contribution in [0, 0.1) is 12.8 Å². The van der Waals surface area contributed by atoms with Gasteiger partial charge in [-0.15, -0.1) is 0 Å². The van der Waals surface area contributed by atoms with Crippen LogP contribution >= 0.6 is 0 Å². The maximum absolute atomic E-state index is 12.5. The van der Waals surface area contributed by atoms with Gasteiger partial charge in [0.2, 0.25) is 5.91 Å². The summed E-state index contributed by atoms with van der Waals surface area (Å²) in [6, 6.07) is 16.9. The Balaban J connectivity index is 2.15. The quantitative estimate of drug-likeness (QED) is 0.657. The summed E-state index contributed by atoms with van der Waals surface area (Å²) in [6.07, 6.45) is 0.317. The molecule has 0 aromatic heterocycles. The first-order valence-corrected chi connectivity index (χ1v) is 7.68. The van der Waals surface area contributed by atoms with Gasteiger partial charge in [-0.05, 0) is 43.5 Å². The van der Waals surface area contributed by atoms with Gasteiger partial charge in [0.1, 0.15) is 5.92 Å². The number of carbonyl (C=O) groups is 2. The van der Waals surface area contributed by atoms with Crippen molar-refractivity contribution in [3.05, 3.63) is 65.7 Å². The number of aryl methyl sites for hydroxylation is 1. The van der Waals surface area contributed by atoms with Gasteiger partial charge in [0.25, 0.3) is 0 Å². The second-order valence-corrected chi connectivity index (χ2v) is 5.35. The molecule has 0 aliphatic carbocycles. The van der Waals surface area contributed by atoms with Gasteiger partial charge >= 0.3 is 5.97 Å². The Morgan fingerprint density at radius 3 is 2.48 bits per heavy atom. The first kappa shape index (κ1) is 16.7. The van der Waals surface area contributed by atoms with Crippen molar-refractivity contribution < 1.29 is 14.3 Å². The minimum atomic E-state index is -0.863. The Morgan fingerprint density at radius 2 is 1.83 bits per heavy atom. The van der Waals surface area contributed by atoms with Gasteiger partial charge in [-0.25, -0.2) is 0 Å². The molecule has 1 amide bonds. The van der Waals surface area contributed by atoms with E-state index in [9.17, 15) is 9.59 Å². The molecule has 2 aromatic rings. The molecule has 23 heavy (non-hydrogen) atoms. The van der Waals surface area contributed by atoms with Crippen LogP contribution in [0.5, 0.6) is 0 Å². The van der Waals surface area contributed by atoms with E-state index in [2.05, 4.69) is 5.32 Å². The summed E-state index contributed by atoms with van der Waals surface area (Å²) < 4.78 is 5.06.